The number of aromatic nitrogens is 1. The first-order chi connectivity index (χ1) is 12.4. The Morgan fingerprint density at radius 3 is 2.42 bits per heavy atom. The molecule has 0 aliphatic rings. The van der Waals surface area contributed by atoms with Crippen LogP contribution in [0.25, 0.3) is 22.0 Å². The van der Waals surface area contributed by atoms with Crippen molar-refractivity contribution in [1.29, 1.82) is 0 Å². The molecule has 2 N–H and O–H groups in total. The van der Waals surface area contributed by atoms with Crippen molar-refractivity contribution < 1.29 is 14.7 Å². The van der Waals surface area contributed by atoms with Crippen molar-refractivity contribution in [3.8, 4) is 16.9 Å². The van der Waals surface area contributed by atoms with Crippen molar-refractivity contribution in [2.24, 2.45) is 7.05 Å². The van der Waals surface area contributed by atoms with Crippen molar-refractivity contribution in [3.63, 3.8) is 0 Å². The van der Waals surface area contributed by atoms with Crippen LogP contribution in [0.15, 0.2) is 53.3 Å². The van der Waals surface area contributed by atoms with E-state index in [2.05, 4.69) is 5.32 Å². The predicted molar refractivity (Wildman–Crippen MR) is 99.3 cm³/mol. The molecule has 3 rings (SSSR count). The molecule has 0 fully saturated rings. The molecule has 0 atom stereocenters. The van der Waals surface area contributed by atoms with Gasteiger partial charge in [-0.05, 0) is 30.2 Å². The lowest BCUT2D eigenvalue weighted by atomic mass is 10.0. The number of nitrogens with one attached hydrogen (secondary N) is 1. The zero-order valence-corrected chi connectivity index (χ0v) is 14.4. The second-order valence-corrected chi connectivity index (χ2v) is 6.07. The lowest BCUT2D eigenvalue weighted by molar-refractivity contribution is -0.116. The first-order valence-electron chi connectivity index (χ1n) is 8.09. The first kappa shape index (κ1) is 17.4. The molecule has 26 heavy (non-hydrogen) atoms. The molecule has 0 bridgehead atoms. The number of rotatable bonds is 4. The molecule has 6 heteroatoms. The number of aryl methyl sites for hydroxylation is 1. The molecule has 0 unspecified atom stereocenters. The summed E-state index contributed by atoms with van der Waals surface area (Å²) in [7, 11) is 1.54. The van der Waals surface area contributed by atoms with Gasteiger partial charge in [-0.1, -0.05) is 36.4 Å². The fraction of sp³-hybridized carbons (Fsp3) is 0.150. The third-order valence-electron chi connectivity index (χ3n) is 4.20. The Morgan fingerprint density at radius 2 is 1.77 bits per heavy atom. The number of fused-ring (bicyclic) bond motifs is 1. The minimum Gasteiger partial charge on any atom is -0.506 e. The minimum atomic E-state index is -0.773. The summed E-state index contributed by atoms with van der Waals surface area (Å²) in [5.74, 6) is -1.41. The summed E-state index contributed by atoms with van der Waals surface area (Å²) in [5, 5.41) is 13.3. The number of pyridine rings is 1. The number of nitrogens with zero attached hydrogens (tertiary/aromatic N) is 1. The van der Waals surface area contributed by atoms with E-state index in [0.29, 0.717) is 10.9 Å². The van der Waals surface area contributed by atoms with E-state index in [0.717, 1.165) is 11.1 Å². The maximum Gasteiger partial charge on any atom is 0.267 e. The summed E-state index contributed by atoms with van der Waals surface area (Å²) >= 11 is 0. The maximum atomic E-state index is 12.5. The number of ketones is 1. The van der Waals surface area contributed by atoms with E-state index in [1.54, 1.807) is 12.1 Å². The second-order valence-electron chi connectivity index (χ2n) is 6.07. The normalized spacial score (nSPS) is 10.7. The van der Waals surface area contributed by atoms with Crippen molar-refractivity contribution in [1.82, 2.24) is 9.88 Å². The van der Waals surface area contributed by atoms with Gasteiger partial charge in [-0.3, -0.25) is 14.4 Å². The van der Waals surface area contributed by atoms with E-state index >= 15 is 0 Å². The number of benzene rings is 2. The molecule has 1 aromatic heterocycles. The molecule has 2 aromatic carbocycles. The lowest BCUT2D eigenvalue weighted by Crippen LogP contribution is -2.34. The quantitative estimate of drug-likeness (QED) is 0.755. The molecular weight excluding hydrogens is 332 g/mol. The van der Waals surface area contributed by atoms with E-state index in [1.807, 2.05) is 36.4 Å². The number of hydrogen-bond donors (Lipinski definition) is 2. The molecule has 1 amide bonds. The maximum absolute atomic E-state index is 12.5. The Morgan fingerprint density at radius 1 is 1.08 bits per heavy atom. The third kappa shape index (κ3) is 3.09. The van der Waals surface area contributed by atoms with Gasteiger partial charge in [0.2, 0.25) is 0 Å². The molecule has 132 valence electrons. The molecule has 0 aliphatic heterocycles. The van der Waals surface area contributed by atoms with Crippen LogP contribution in [0.1, 0.15) is 17.3 Å². The Balaban J connectivity index is 2.19. The standard InChI is InChI=1S/C20H18N2O4/c1-12(23)11-21-19(25)17-18(24)15-10-14(13-6-4-3-5-7-13)8-9-16(15)22(2)20(17)26/h3-10,24H,11H2,1-2H3,(H,21,25). The SMILES string of the molecule is CC(=O)CNC(=O)c1c(O)c2cc(-c3ccccc3)ccc2n(C)c1=O. The average molecular weight is 350 g/mol. The summed E-state index contributed by atoms with van der Waals surface area (Å²) in [5.41, 5.74) is 1.32. The molecule has 0 saturated heterocycles. The molecule has 0 radical (unpaired) electrons. The zero-order chi connectivity index (χ0) is 18.8. The van der Waals surface area contributed by atoms with E-state index in [9.17, 15) is 19.5 Å². The zero-order valence-electron chi connectivity index (χ0n) is 14.4. The highest BCUT2D eigenvalue weighted by molar-refractivity contribution is 6.04. The predicted octanol–water partition coefficient (Wildman–Crippen LogP) is 2.23. The van der Waals surface area contributed by atoms with E-state index in [4.69, 9.17) is 0 Å². The van der Waals surface area contributed by atoms with Gasteiger partial charge in [-0.25, -0.2) is 0 Å². The van der Waals surface area contributed by atoms with Crippen LogP contribution in [0.5, 0.6) is 5.75 Å². The van der Waals surface area contributed by atoms with Gasteiger partial charge in [0.05, 0.1) is 12.1 Å². The highest BCUT2D eigenvalue weighted by atomic mass is 16.3. The van der Waals surface area contributed by atoms with Crippen LogP contribution in [-0.4, -0.2) is 27.9 Å². The minimum absolute atomic E-state index is 0.205. The van der Waals surface area contributed by atoms with Crippen LogP contribution < -0.4 is 10.9 Å². The number of aromatic hydroxyl groups is 1. The van der Waals surface area contributed by atoms with Crippen LogP contribution in [0.3, 0.4) is 0 Å². The topological polar surface area (TPSA) is 88.4 Å². The number of carbonyl (C=O) groups excluding carboxylic acids is 2. The molecule has 0 aliphatic carbocycles. The highest BCUT2D eigenvalue weighted by Crippen LogP contribution is 2.30. The van der Waals surface area contributed by atoms with Gasteiger partial charge in [0.25, 0.3) is 11.5 Å². The van der Waals surface area contributed by atoms with E-state index < -0.39 is 11.5 Å². The van der Waals surface area contributed by atoms with Crippen LogP contribution in [0.2, 0.25) is 0 Å². The van der Waals surface area contributed by atoms with Gasteiger partial charge in [0.1, 0.15) is 17.1 Å². The molecule has 6 nitrogen and oxygen atoms in total. The van der Waals surface area contributed by atoms with Gasteiger partial charge >= 0.3 is 0 Å². The molecule has 0 saturated carbocycles. The molecule has 3 aromatic rings. The number of hydrogen-bond acceptors (Lipinski definition) is 4. The number of Topliss-reactive ketones (excluding diaryl/α,β-unsaturated/α-hetero) is 1. The summed E-state index contributed by atoms with van der Waals surface area (Å²) in [6, 6.07) is 14.9. The monoisotopic (exact) mass is 350 g/mol. The van der Waals surface area contributed by atoms with E-state index in [-0.39, 0.29) is 23.6 Å². The number of carbonyl (C=O) groups is 2. The Kier molecular flexibility index (Phi) is 4.58. The fourth-order valence-electron chi connectivity index (χ4n) is 2.84. The Labute approximate surface area is 149 Å². The van der Waals surface area contributed by atoms with Crippen LogP contribution in [0.4, 0.5) is 0 Å². The van der Waals surface area contributed by atoms with Crippen molar-refractivity contribution in [2.75, 3.05) is 6.54 Å². The van der Waals surface area contributed by atoms with Gasteiger partial charge in [-0.2, -0.15) is 0 Å². The van der Waals surface area contributed by atoms with Gasteiger partial charge in [0, 0.05) is 12.4 Å². The second kappa shape index (κ2) is 6.84. The van der Waals surface area contributed by atoms with E-state index in [1.165, 1.54) is 18.5 Å². The summed E-state index contributed by atoms with van der Waals surface area (Å²) < 4.78 is 1.31. The number of amides is 1. The van der Waals surface area contributed by atoms with Crippen LogP contribution >= 0.6 is 0 Å². The van der Waals surface area contributed by atoms with Gasteiger partial charge < -0.3 is 15.0 Å². The largest absolute Gasteiger partial charge is 0.506 e. The highest BCUT2D eigenvalue weighted by Gasteiger charge is 2.21. The summed E-state index contributed by atoms with van der Waals surface area (Å²) in [6.07, 6.45) is 0. The van der Waals surface area contributed by atoms with Crippen molar-refractivity contribution >= 4 is 22.6 Å². The van der Waals surface area contributed by atoms with Crippen molar-refractivity contribution in [3.05, 3.63) is 64.4 Å². The van der Waals surface area contributed by atoms with Crippen LogP contribution in [0, 0.1) is 0 Å². The van der Waals surface area contributed by atoms with Crippen molar-refractivity contribution in [2.45, 2.75) is 6.92 Å². The Hall–Kier alpha value is -3.41. The fourth-order valence-corrected chi connectivity index (χ4v) is 2.84. The van der Waals surface area contributed by atoms with Crippen LogP contribution in [-0.2, 0) is 11.8 Å². The first-order valence-corrected chi connectivity index (χ1v) is 8.09. The van der Waals surface area contributed by atoms with Gasteiger partial charge in [-0.15, -0.1) is 0 Å². The molecule has 0 spiro atoms. The average Bonchev–Trinajstić information content (AvgIpc) is 2.65. The molecule has 1 heterocycles. The summed E-state index contributed by atoms with van der Waals surface area (Å²) in [6.45, 7) is 1.12. The Bertz CT molecular complexity index is 1070. The lowest BCUT2D eigenvalue weighted by Gasteiger charge is -2.13. The van der Waals surface area contributed by atoms with Gasteiger partial charge in [0.15, 0.2) is 0 Å². The molecular formula is C20H18N2O4. The summed E-state index contributed by atoms with van der Waals surface area (Å²) in [4.78, 5) is 35.9. The smallest absolute Gasteiger partial charge is 0.267 e. The third-order valence-corrected chi connectivity index (χ3v) is 4.20.